The summed E-state index contributed by atoms with van der Waals surface area (Å²) in [5, 5.41) is 103. The quantitative estimate of drug-likeness (QED) is 0.114. The predicted molar refractivity (Wildman–Crippen MR) is 143 cm³/mol. The van der Waals surface area contributed by atoms with Crippen LogP contribution in [0.4, 0.5) is 0 Å². The van der Waals surface area contributed by atoms with Gasteiger partial charge in [0.25, 0.3) is 5.79 Å². The molecule has 20 heteroatoms. The number of carboxylic acid groups (broad SMARTS) is 1. The Morgan fingerprint density at radius 3 is 1.81 bits per heavy atom. The van der Waals surface area contributed by atoms with Crippen LogP contribution in [0.1, 0.15) is 27.7 Å². The summed E-state index contributed by atoms with van der Waals surface area (Å²) in [5.41, 5.74) is 0. The molecule has 5 fully saturated rings. The second-order valence-corrected chi connectivity index (χ2v) is 12.5. The van der Waals surface area contributed by atoms with Crippen LogP contribution in [0.3, 0.4) is 0 Å². The molecule has 5 rings (SSSR count). The minimum Gasteiger partial charge on any atom is -0.477 e. The lowest BCUT2D eigenvalue weighted by Gasteiger charge is -2.48. The monoisotopic (exact) mass is 688 g/mol. The zero-order valence-electron chi connectivity index (χ0n) is 25.8. The van der Waals surface area contributed by atoms with Gasteiger partial charge in [-0.15, -0.1) is 0 Å². The molecule has 5 saturated heterocycles. The van der Waals surface area contributed by atoms with Crippen LogP contribution in [-0.4, -0.2) is 192 Å². The van der Waals surface area contributed by atoms with Gasteiger partial charge in [0.1, 0.15) is 79.4 Å². The van der Waals surface area contributed by atoms with Crippen molar-refractivity contribution in [2.75, 3.05) is 6.61 Å². The van der Waals surface area contributed by atoms with Crippen molar-refractivity contribution in [3.8, 4) is 0 Å². The van der Waals surface area contributed by atoms with Gasteiger partial charge >= 0.3 is 5.97 Å². The summed E-state index contributed by atoms with van der Waals surface area (Å²) in [6.07, 6.45) is -30.3. The molecule has 0 saturated carbocycles. The lowest BCUT2D eigenvalue weighted by molar-refractivity contribution is -0.386. The standard InChI is InChI=1S/C27H44O20/c1-6-10(29)19(16(35)24(40-6)43-17-7(2)39-22(36)14(33)13(17)32)44-25-21(45-23-15(34)12(31)11(30)9(5-28)42-23)20-18(8(3)41-25)46-27(4,47-20)26(37)38/h6-25,28-36H,5H2,1-4H3,(H,37,38). The van der Waals surface area contributed by atoms with Gasteiger partial charge in [0.15, 0.2) is 25.2 Å². The van der Waals surface area contributed by atoms with Crippen LogP contribution in [0, 0.1) is 0 Å². The number of hydrogen-bond acceptors (Lipinski definition) is 19. The number of hydrogen-bond donors (Lipinski definition) is 10. The molecule has 10 N–H and O–H groups in total. The topological polar surface area (TPSA) is 302 Å². The molecule has 0 amide bonds. The predicted octanol–water partition coefficient (Wildman–Crippen LogP) is -5.80. The number of carbonyl (C=O) groups is 1. The molecular formula is C27H44O20. The van der Waals surface area contributed by atoms with E-state index in [1.54, 1.807) is 0 Å². The van der Waals surface area contributed by atoms with Crippen LogP contribution >= 0.6 is 0 Å². The molecule has 5 aliphatic heterocycles. The Bertz CT molecular complexity index is 1080. The molecule has 0 aromatic rings. The third-order valence-corrected chi connectivity index (χ3v) is 9.14. The van der Waals surface area contributed by atoms with Gasteiger partial charge in [-0.25, -0.2) is 4.79 Å². The maximum atomic E-state index is 12.0. The third kappa shape index (κ3) is 6.92. The van der Waals surface area contributed by atoms with Crippen molar-refractivity contribution in [3.05, 3.63) is 0 Å². The Kier molecular flexibility index (Phi) is 11.2. The van der Waals surface area contributed by atoms with Gasteiger partial charge in [-0.3, -0.25) is 0 Å². The summed E-state index contributed by atoms with van der Waals surface area (Å²) in [4.78, 5) is 12.0. The van der Waals surface area contributed by atoms with Gasteiger partial charge in [-0.2, -0.15) is 0 Å². The number of rotatable bonds is 8. The van der Waals surface area contributed by atoms with E-state index in [4.69, 9.17) is 42.6 Å². The molecule has 0 radical (unpaired) electrons. The van der Waals surface area contributed by atoms with E-state index in [0.717, 1.165) is 6.92 Å². The number of fused-ring (bicyclic) bond motifs is 1. The van der Waals surface area contributed by atoms with Crippen LogP contribution < -0.4 is 0 Å². The van der Waals surface area contributed by atoms with Gasteiger partial charge in [0.05, 0.1) is 24.9 Å². The molecule has 0 aromatic heterocycles. The second-order valence-electron chi connectivity index (χ2n) is 12.5. The van der Waals surface area contributed by atoms with E-state index in [1.165, 1.54) is 20.8 Å². The summed E-state index contributed by atoms with van der Waals surface area (Å²) in [7, 11) is 0. The lowest BCUT2D eigenvalue weighted by atomic mass is 9.96. The van der Waals surface area contributed by atoms with Crippen LogP contribution in [0.25, 0.3) is 0 Å². The second kappa shape index (κ2) is 14.2. The largest absolute Gasteiger partial charge is 0.477 e. The Hall–Kier alpha value is -1.25. The zero-order chi connectivity index (χ0) is 34.7. The Labute approximate surface area is 267 Å². The molecule has 0 spiro atoms. The fraction of sp³-hybridized carbons (Fsp3) is 0.963. The minimum atomic E-state index is -2.19. The summed E-state index contributed by atoms with van der Waals surface area (Å²) < 4.78 is 51.5. The van der Waals surface area contributed by atoms with Crippen molar-refractivity contribution in [2.24, 2.45) is 0 Å². The molecule has 21 atom stereocenters. The highest BCUT2D eigenvalue weighted by Crippen LogP contribution is 2.42. The smallest absolute Gasteiger partial charge is 0.364 e. The molecule has 21 unspecified atom stereocenters. The fourth-order valence-corrected chi connectivity index (χ4v) is 6.30. The highest BCUT2D eigenvalue weighted by atomic mass is 16.8. The third-order valence-electron chi connectivity index (χ3n) is 9.14. The number of aliphatic hydroxyl groups is 9. The Morgan fingerprint density at radius 2 is 1.17 bits per heavy atom. The van der Waals surface area contributed by atoms with E-state index in [2.05, 4.69) is 0 Å². The average molecular weight is 689 g/mol. The Balaban J connectivity index is 1.41. The van der Waals surface area contributed by atoms with E-state index >= 15 is 0 Å². The van der Waals surface area contributed by atoms with Gasteiger partial charge in [-0.1, -0.05) is 0 Å². The highest BCUT2D eigenvalue weighted by molar-refractivity contribution is 5.75. The maximum absolute atomic E-state index is 12.0. The fourth-order valence-electron chi connectivity index (χ4n) is 6.30. The molecule has 5 heterocycles. The number of carboxylic acids is 1. The first-order valence-corrected chi connectivity index (χ1v) is 15.2. The normalized spacial score (nSPS) is 55.4. The van der Waals surface area contributed by atoms with Gasteiger partial charge < -0.3 is 93.7 Å². The van der Waals surface area contributed by atoms with E-state index in [-0.39, 0.29) is 0 Å². The van der Waals surface area contributed by atoms with Gasteiger partial charge in [-0.05, 0) is 20.8 Å². The number of aliphatic carboxylic acids is 1. The molecule has 47 heavy (non-hydrogen) atoms. The van der Waals surface area contributed by atoms with Crippen molar-refractivity contribution < 1.29 is 98.5 Å². The lowest BCUT2D eigenvalue weighted by Crippen LogP contribution is -2.66. The summed E-state index contributed by atoms with van der Waals surface area (Å²) in [6, 6.07) is 0. The molecule has 272 valence electrons. The summed E-state index contributed by atoms with van der Waals surface area (Å²) in [6.45, 7) is 4.73. The number of aliphatic hydroxyl groups excluding tert-OH is 9. The SMILES string of the molecule is CC1OC(OC2C(C)OC(O)C(O)C2O)C(O)C(OC2OC(C)C3OC(C)(C(=O)O)OC3C2OC2OC(CO)C(O)C(O)C2O)C1O. The molecular weight excluding hydrogens is 644 g/mol. The minimum absolute atomic E-state index is 0.777. The van der Waals surface area contributed by atoms with Crippen LogP contribution in [0.2, 0.25) is 0 Å². The van der Waals surface area contributed by atoms with E-state index < -0.39 is 141 Å². The van der Waals surface area contributed by atoms with E-state index in [9.17, 15) is 55.9 Å². The van der Waals surface area contributed by atoms with Gasteiger partial charge in [0, 0.05) is 6.92 Å². The highest BCUT2D eigenvalue weighted by Gasteiger charge is 2.62. The van der Waals surface area contributed by atoms with Crippen molar-refractivity contribution in [3.63, 3.8) is 0 Å². The summed E-state index contributed by atoms with van der Waals surface area (Å²) in [5.74, 6) is -3.69. The molecule has 5 aliphatic rings. The van der Waals surface area contributed by atoms with Crippen molar-refractivity contribution in [2.45, 2.75) is 156 Å². The Morgan fingerprint density at radius 1 is 0.596 bits per heavy atom. The van der Waals surface area contributed by atoms with Crippen LogP contribution in [-0.2, 0) is 47.4 Å². The number of ether oxygens (including phenoxy) is 9. The molecule has 0 bridgehead atoms. The van der Waals surface area contributed by atoms with Crippen molar-refractivity contribution in [1.82, 2.24) is 0 Å². The molecule has 0 aromatic carbocycles. The average Bonchev–Trinajstić information content (AvgIpc) is 3.40. The van der Waals surface area contributed by atoms with Crippen LogP contribution in [0.5, 0.6) is 0 Å². The van der Waals surface area contributed by atoms with Crippen molar-refractivity contribution >= 4 is 5.97 Å². The van der Waals surface area contributed by atoms with E-state index in [0.29, 0.717) is 0 Å². The molecule has 20 nitrogen and oxygen atoms in total. The molecule has 0 aliphatic carbocycles. The first kappa shape index (κ1) is 37.0. The summed E-state index contributed by atoms with van der Waals surface area (Å²) >= 11 is 0. The zero-order valence-corrected chi connectivity index (χ0v) is 25.8. The van der Waals surface area contributed by atoms with Crippen molar-refractivity contribution in [1.29, 1.82) is 0 Å². The first-order chi connectivity index (χ1) is 22.0. The maximum Gasteiger partial charge on any atom is 0.364 e. The van der Waals surface area contributed by atoms with Crippen LogP contribution in [0.15, 0.2) is 0 Å². The van der Waals surface area contributed by atoms with E-state index in [1.807, 2.05) is 0 Å². The van der Waals surface area contributed by atoms with Gasteiger partial charge in [0.2, 0.25) is 0 Å². The first-order valence-electron chi connectivity index (χ1n) is 15.2.